The van der Waals surface area contributed by atoms with Crippen LogP contribution in [0.2, 0.25) is 0 Å². The third kappa shape index (κ3) is 6.83. The maximum atomic E-state index is 12.9. The molecule has 0 amide bonds. The van der Waals surface area contributed by atoms with Crippen LogP contribution in [0, 0.1) is 32.7 Å². The van der Waals surface area contributed by atoms with E-state index in [2.05, 4.69) is 67.1 Å². The number of benzene rings is 3. The van der Waals surface area contributed by atoms with Gasteiger partial charge in [0.1, 0.15) is 11.6 Å². The molecule has 3 aromatic carbocycles. The Morgan fingerprint density at radius 1 is 0.900 bits per heavy atom. The molecule has 1 radical (unpaired) electrons. The summed E-state index contributed by atoms with van der Waals surface area (Å²) in [7, 11) is 0. The Balaban J connectivity index is 0.000000219. The van der Waals surface area contributed by atoms with E-state index in [1.54, 1.807) is 24.4 Å². The zero-order chi connectivity index (χ0) is 28.3. The van der Waals surface area contributed by atoms with Gasteiger partial charge in [0.05, 0.1) is 5.69 Å². The first kappa shape index (κ1) is 28.1. The van der Waals surface area contributed by atoms with E-state index in [0.29, 0.717) is 11.3 Å². The zero-order valence-electron chi connectivity index (χ0n) is 24.1. The zero-order valence-corrected chi connectivity index (χ0v) is 25.5. The van der Waals surface area contributed by atoms with E-state index in [1.165, 1.54) is 59.5 Å². The topological polar surface area (TPSA) is 46.0 Å². The van der Waals surface area contributed by atoms with Gasteiger partial charge in [-0.1, -0.05) is 51.3 Å². The monoisotopic (exact) mass is 711 g/mol. The first-order valence-corrected chi connectivity index (χ1v) is 13.5. The molecule has 6 rings (SSSR count). The van der Waals surface area contributed by atoms with Crippen LogP contribution in [-0.2, 0) is 20.1 Å². The fraction of sp³-hybridized carbons (Fsp3) is 0.257. The molecule has 1 aliphatic rings. The minimum atomic E-state index is -0.425. The van der Waals surface area contributed by atoms with Crippen molar-refractivity contribution in [2.45, 2.75) is 58.8 Å². The Morgan fingerprint density at radius 3 is 2.42 bits per heavy atom. The molecule has 1 N–H and O–H groups in total. The molecule has 2 aromatic heterocycles. The molecule has 5 aromatic rings. The van der Waals surface area contributed by atoms with Crippen LogP contribution in [0.1, 0.15) is 61.6 Å². The second kappa shape index (κ2) is 13.3. The Hall–Kier alpha value is -3.40. The van der Waals surface area contributed by atoms with Crippen molar-refractivity contribution in [1.29, 1.82) is 0 Å². The largest absolute Gasteiger partial charge is 0.507 e. The van der Waals surface area contributed by atoms with Gasteiger partial charge in [-0.2, -0.15) is 0 Å². The van der Waals surface area contributed by atoms with Gasteiger partial charge in [0.2, 0.25) is 0 Å². The van der Waals surface area contributed by atoms with Gasteiger partial charge in [0, 0.05) is 39.4 Å². The van der Waals surface area contributed by atoms with Crippen molar-refractivity contribution in [3.05, 3.63) is 113 Å². The molecule has 3 nitrogen and oxygen atoms in total. The number of fused-ring (bicyclic) bond motifs is 1. The van der Waals surface area contributed by atoms with Gasteiger partial charge in [0.15, 0.2) is 0 Å². The second-order valence-electron chi connectivity index (χ2n) is 10.3. The first-order chi connectivity index (χ1) is 19.2. The summed E-state index contributed by atoms with van der Waals surface area (Å²) in [5, 5.41) is 11.8. The number of hydrogen-bond donors (Lipinski definition) is 1. The summed E-state index contributed by atoms with van der Waals surface area (Å²) in [4.78, 5) is 8.71. The molecule has 40 heavy (non-hydrogen) atoms. The number of phenols is 1. The Labute approximate surface area is 251 Å². The van der Waals surface area contributed by atoms with Crippen LogP contribution >= 0.6 is 0 Å². The molecular formula is C35H34FIrN2O-. The Bertz CT molecular complexity index is 1630. The number of hydrogen-bond acceptors (Lipinski definition) is 3. The molecule has 2 heterocycles. The molecule has 0 bridgehead atoms. The summed E-state index contributed by atoms with van der Waals surface area (Å²) < 4.78 is 21.9. The number of pyridine rings is 2. The quantitative estimate of drug-likeness (QED) is 0.190. The summed E-state index contributed by atoms with van der Waals surface area (Å²) in [5.41, 5.74) is 7.80. The van der Waals surface area contributed by atoms with Crippen molar-refractivity contribution in [1.82, 2.24) is 9.97 Å². The van der Waals surface area contributed by atoms with Crippen molar-refractivity contribution < 1.29 is 31.0 Å². The van der Waals surface area contributed by atoms with Crippen molar-refractivity contribution in [3.8, 4) is 28.3 Å². The predicted octanol–water partition coefficient (Wildman–Crippen LogP) is 9.27. The molecule has 1 saturated carbocycles. The van der Waals surface area contributed by atoms with Gasteiger partial charge < -0.3 is 10.1 Å². The van der Waals surface area contributed by atoms with Gasteiger partial charge in [-0.05, 0) is 89.7 Å². The molecule has 5 heteroatoms. The van der Waals surface area contributed by atoms with Crippen molar-refractivity contribution >= 4 is 10.8 Å². The van der Waals surface area contributed by atoms with Crippen LogP contribution in [0.15, 0.2) is 79.1 Å². The Kier molecular flexibility index (Phi) is 9.36. The number of halogens is 1. The predicted molar refractivity (Wildman–Crippen MR) is 157 cm³/mol. The van der Waals surface area contributed by atoms with E-state index in [9.17, 15) is 9.50 Å². The van der Waals surface area contributed by atoms with Crippen LogP contribution < -0.4 is 0 Å². The molecule has 0 spiro atoms. The molecule has 207 valence electrons. The standard InChI is InChI=1S/C24H26N.C11H8FNO.Ir/c1-16-11-17(2)13-21(12-16)24-23-14-18(3)22(15-20(23)9-10-25-24)19-7-5-4-6-8-19;12-8-4-5-11(14)9(7-8)10-3-1-2-6-13-10;/h9-12,14-15,19H,4-8H2,1-3H3;1-7,14H;/q-1;;/i19D;;. The summed E-state index contributed by atoms with van der Waals surface area (Å²) in [5.74, 6) is -0.778. The average molecular weight is 711 g/mol. The number of aromatic hydroxyl groups is 1. The second-order valence-corrected chi connectivity index (χ2v) is 10.3. The maximum absolute atomic E-state index is 12.9. The van der Waals surface area contributed by atoms with E-state index in [-0.39, 0.29) is 31.7 Å². The number of aromatic nitrogens is 2. The fourth-order valence-corrected chi connectivity index (χ4v) is 5.43. The van der Waals surface area contributed by atoms with Crippen molar-refractivity contribution in [2.24, 2.45) is 0 Å². The number of nitrogens with zero attached hydrogens (tertiary/aromatic N) is 2. The average Bonchev–Trinajstić information content (AvgIpc) is 2.94. The van der Waals surface area contributed by atoms with E-state index >= 15 is 0 Å². The SMILES string of the molecule is Oc1ccc(F)cc1-c1ccccn1.[2H]C1(c2cc3ccnc(-c4[c-]c(C)cc(C)c4)c3cc2C)CCCCC1.[Ir]. The van der Waals surface area contributed by atoms with Crippen molar-refractivity contribution in [2.75, 3.05) is 0 Å². The number of phenolic OH excluding ortho intramolecular Hbond substituents is 1. The van der Waals surface area contributed by atoms with E-state index in [4.69, 9.17) is 1.37 Å². The van der Waals surface area contributed by atoms with Gasteiger partial charge in [-0.15, -0.1) is 34.9 Å². The van der Waals surface area contributed by atoms with Crippen LogP contribution in [0.25, 0.3) is 33.3 Å². The van der Waals surface area contributed by atoms with E-state index in [1.807, 2.05) is 6.20 Å². The van der Waals surface area contributed by atoms with Gasteiger partial charge in [-0.3, -0.25) is 4.98 Å². The minimum absolute atomic E-state index is 0. The minimum Gasteiger partial charge on any atom is -0.507 e. The van der Waals surface area contributed by atoms with Crippen LogP contribution in [0.4, 0.5) is 4.39 Å². The summed E-state index contributed by atoms with van der Waals surface area (Å²) in [6.45, 7) is 6.35. The first-order valence-electron chi connectivity index (χ1n) is 14.0. The number of rotatable bonds is 3. The molecule has 0 unspecified atom stereocenters. The van der Waals surface area contributed by atoms with Crippen LogP contribution in [0.5, 0.6) is 5.75 Å². The van der Waals surface area contributed by atoms with Gasteiger partial charge >= 0.3 is 0 Å². The Morgan fingerprint density at radius 2 is 1.70 bits per heavy atom. The van der Waals surface area contributed by atoms with Crippen LogP contribution in [-0.4, -0.2) is 15.1 Å². The summed E-state index contributed by atoms with van der Waals surface area (Å²) >= 11 is 0. The molecule has 1 aliphatic carbocycles. The molecule has 1 fully saturated rings. The van der Waals surface area contributed by atoms with E-state index < -0.39 is 5.89 Å². The number of aryl methyl sites for hydroxylation is 3. The van der Waals surface area contributed by atoms with Crippen LogP contribution in [0.3, 0.4) is 0 Å². The summed E-state index contributed by atoms with van der Waals surface area (Å²) in [6, 6.07) is 23.4. The normalized spacial score (nSPS) is 14.4. The third-order valence-electron chi connectivity index (χ3n) is 7.25. The molecule has 0 atom stereocenters. The van der Waals surface area contributed by atoms with Gasteiger partial charge in [0.25, 0.3) is 0 Å². The van der Waals surface area contributed by atoms with E-state index in [0.717, 1.165) is 35.0 Å². The molecule has 0 aliphatic heterocycles. The van der Waals surface area contributed by atoms with Crippen molar-refractivity contribution in [3.63, 3.8) is 0 Å². The maximum Gasteiger partial charge on any atom is 0.125 e. The summed E-state index contributed by atoms with van der Waals surface area (Å²) in [6.07, 6.45) is 9.04. The molecular weight excluding hydrogens is 676 g/mol. The smallest absolute Gasteiger partial charge is 0.125 e. The third-order valence-corrected chi connectivity index (χ3v) is 7.25. The fourth-order valence-electron chi connectivity index (χ4n) is 5.43. The molecule has 0 saturated heterocycles. The van der Waals surface area contributed by atoms with Gasteiger partial charge in [-0.25, -0.2) is 4.39 Å².